The van der Waals surface area contributed by atoms with Crippen molar-refractivity contribution in [1.82, 2.24) is 10.6 Å². The number of rotatable bonds is 8. The van der Waals surface area contributed by atoms with Crippen molar-refractivity contribution in [3.63, 3.8) is 0 Å². The van der Waals surface area contributed by atoms with Crippen molar-refractivity contribution < 1.29 is 23.9 Å². The average molecular weight is 538 g/mol. The van der Waals surface area contributed by atoms with E-state index in [-0.39, 0.29) is 12.5 Å². The number of ether oxygens (including phenoxy) is 2. The molecular weight excluding hydrogens is 507 g/mol. The monoisotopic (exact) mass is 538 g/mol. The van der Waals surface area contributed by atoms with Gasteiger partial charge in [0.2, 0.25) is 5.91 Å². The third-order valence-electron chi connectivity index (χ3n) is 3.74. The van der Waals surface area contributed by atoms with Crippen LogP contribution < -0.4 is 10.6 Å². The minimum absolute atomic E-state index is 0.270. The van der Waals surface area contributed by atoms with E-state index in [9.17, 15) is 14.4 Å². The molecule has 2 N–H and O–H groups in total. The van der Waals surface area contributed by atoms with Gasteiger partial charge in [-0.2, -0.15) is 7.20 Å². The number of nitrogens with one attached hydrogen (secondary N) is 2. The van der Waals surface area contributed by atoms with Crippen LogP contribution in [0.25, 0.3) is 0 Å². The van der Waals surface area contributed by atoms with Crippen molar-refractivity contribution in [1.29, 1.82) is 0 Å². The van der Waals surface area contributed by atoms with E-state index in [4.69, 9.17) is 4.74 Å². The first-order valence-electron chi connectivity index (χ1n) is 9.16. The van der Waals surface area contributed by atoms with E-state index in [0.29, 0.717) is 12.0 Å². The molecule has 1 aromatic carbocycles. The zero-order valence-electron chi connectivity index (χ0n) is 17.8. The Bertz CT molecular complexity index is 711. The molecule has 0 unspecified atom stereocenters. The van der Waals surface area contributed by atoms with Crippen molar-refractivity contribution in [3.05, 3.63) is 35.4 Å². The van der Waals surface area contributed by atoms with Crippen molar-refractivity contribution in [2.75, 3.05) is 25.4 Å². The molecule has 0 aliphatic carbocycles. The van der Waals surface area contributed by atoms with Crippen molar-refractivity contribution in [2.24, 2.45) is 0 Å². The fraction of sp³-hybridized carbons (Fsp3) is 0.550. The van der Waals surface area contributed by atoms with Crippen LogP contribution >= 0.6 is 28.4 Å². The number of hydrogen-bond acceptors (Lipinski definition) is 5. The maximum atomic E-state index is 12.7. The normalized spacial score (nSPS) is 13.2. The van der Waals surface area contributed by atoms with Gasteiger partial charge in [0.1, 0.15) is 11.6 Å². The summed E-state index contributed by atoms with van der Waals surface area (Å²) >= 11 is 2.40. The number of hydrogen-bond donors (Lipinski definition) is 2. The van der Waals surface area contributed by atoms with Crippen LogP contribution in [0.1, 0.15) is 43.1 Å². The van der Waals surface area contributed by atoms with Gasteiger partial charge in [-0.3, -0.25) is 4.79 Å². The van der Waals surface area contributed by atoms with E-state index < -0.39 is 30.9 Å². The minimum atomic E-state index is -0.852. The highest BCUT2D eigenvalue weighted by Crippen LogP contribution is 2.49. The van der Waals surface area contributed by atoms with Crippen molar-refractivity contribution in [2.45, 2.75) is 45.4 Å². The standard InChI is InChI=1S/C20H31IN2O5S/c1-20(2,3)28-19(26)23-16(11-12-29(5,6)21)17(24)22-13-14-7-9-15(10-8-14)18(25)27-4/h7-10,16H,11-13H2,1-6H3,(H,22,24)(H,23,26)/t16-/m1/s1. The molecule has 0 fully saturated rings. The van der Waals surface area contributed by atoms with Crippen LogP contribution in [0, 0.1) is 0 Å². The van der Waals surface area contributed by atoms with E-state index in [0.717, 1.165) is 11.3 Å². The van der Waals surface area contributed by atoms with Gasteiger partial charge in [0.15, 0.2) is 0 Å². The van der Waals surface area contributed by atoms with Gasteiger partial charge in [-0.15, -0.1) is 0 Å². The second-order valence-electron chi connectivity index (χ2n) is 8.00. The van der Waals surface area contributed by atoms with E-state index in [2.05, 4.69) is 49.1 Å². The highest BCUT2D eigenvalue weighted by atomic mass is 127. The van der Waals surface area contributed by atoms with E-state index in [1.54, 1.807) is 45.0 Å². The first kappa shape index (κ1) is 25.5. The summed E-state index contributed by atoms with van der Waals surface area (Å²) in [6.45, 7) is 5.61. The van der Waals surface area contributed by atoms with Gasteiger partial charge in [-0.1, -0.05) is 12.1 Å². The number of methoxy groups -OCH3 is 1. The van der Waals surface area contributed by atoms with E-state index >= 15 is 0 Å². The number of halogens is 1. The Labute approximate surface area is 186 Å². The number of carbonyl (C=O) groups excluding carboxylic acids is 3. The van der Waals surface area contributed by atoms with Crippen LogP contribution in [-0.2, 0) is 20.8 Å². The summed E-state index contributed by atoms with van der Waals surface area (Å²) in [7, 11) is 0.474. The molecule has 0 saturated heterocycles. The van der Waals surface area contributed by atoms with Crippen LogP contribution in [0.3, 0.4) is 0 Å². The quantitative estimate of drug-likeness (QED) is 0.388. The fourth-order valence-electron chi connectivity index (χ4n) is 2.31. The number of amides is 2. The molecule has 0 radical (unpaired) electrons. The van der Waals surface area contributed by atoms with Gasteiger partial charge in [-0.05, 0) is 84.4 Å². The lowest BCUT2D eigenvalue weighted by atomic mass is 10.1. The molecule has 0 aliphatic rings. The zero-order chi connectivity index (χ0) is 22.2. The predicted octanol–water partition coefficient (Wildman–Crippen LogP) is 3.79. The first-order valence-corrected chi connectivity index (χ1v) is 14.3. The molecule has 0 bridgehead atoms. The molecule has 1 aromatic rings. The lowest BCUT2D eigenvalue weighted by molar-refractivity contribution is -0.123. The van der Waals surface area contributed by atoms with Crippen LogP contribution in [0.5, 0.6) is 0 Å². The Kier molecular flexibility index (Phi) is 9.74. The Morgan fingerprint density at radius 2 is 1.72 bits per heavy atom. The molecule has 1 atom stereocenters. The molecule has 164 valence electrons. The van der Waals surface area contributed by atoms with Crippen LogP contribution in [0.2, 0.25) is 0 Å². The third kappa shape index (κ3) is 10.7. The third-order valence-corrected chi connectivity index (χ3v) is 6.27. The summed E-state index contributed by atoms with van der Waals surface area (Å²) in [6.07, 6.45) is 4.22. The molecule has 2 amide bonds. The Morgan fingerprint density at radius 3 is 2.21 bits per heavy atom. The predicted molar refractivity (Wildman–Crippen MR) is 126 cm³/mol. The highest BCUT2D eigenvalue weighted by molar-refractivity contribution is 14.2. The summed E-state index contributed by atoms with van der Waals surface area (Å²) in [5, 5.41) is 5.54. The van der Waals surface area contributed by atoms with Crippen LogP contribution in [0.15, 0.2) is 24.3 Å². The second-order valence-corrected chi connectivity index (χ2v) is 18.4. The maximum Gasteiger partial charge on any atom is 0.408 e. The molecule has 29 heavy (non-hydrogen) atoms. The van der Waals surface area contributed by atoms with E-state index in [1.807, 2.05) is 0 Å². The number of carbonyl (C=O) groups is 3. The average Bonchev–Trinajstić information content (AvgIpc) is 2.60. The van der Waals surface area contributed by atoms with Crippen LogP contribution in [-0.4, -0.2) is 55.0 Å². The van der Waals surface area contributed by atoms with Gasteiger partial charge in [0.05, 0.1) is 12.7 Å². The topological polar surface area (TPSA) is 93.7 Å². The van der Waals surface area contributed by atoms with Crippen molar-refractivity contribution in [3.8, 4) is 0 Å². The molecule has 0 heterocycles. The SMILES string of the molecule is COC(=O)c1ccc(CNC(=O)[C@@H](CCS(C)(C)I)NC(=O)OC(C)(C)C)cc1. The zero-order valence-corrected chi connectivity index (χ0v) is 20.8. The minimum Gasteiger partial charge on any atom is -0.465 e. The first-order chi connectivity index (χ1) is 13.3. The smallest absolute Gasteiger partial charge is 0.408 e. The molecule has 0 saturated carbocycles. The van der Waals surface area contributed by atoms with Gasteiger partial charge < -0.3 is 20.1 Å². The maximum absolute atomic E-state index is 12.7. The van der Waals surface area contributed by atoms with Crippen molar-refractivity contribution >= 4 is 46.4 Å². The second kappa shape index (κ2) is 11.1. The molecule has 0 spiro atoms. The fourth-order valence-corrected chi connectivity index (χ4v) is 3.86. The lowest BCUT2D eigenvalue weighted by Gasteiger charge is -2.27. The summed E-state index contributed by atoms with van der Waals surface area (Å²) in [5.41, 5.74) is 0.640. The molecular formula is C20H31IN2O5S. The molecule has 0 aromatic heterocycles. The molecule has 9 heteroatoms. The van der Waals surface area contributed by atoms with Gasteiger partial charge >= 0.3 is 12.1 Å². The largest absolute Gasteiger partial charge is 0.465 e. The Balaban J connectivity index is 2.74. The molecule has 1 rings (SSSR count). The summed E-state index contributed by atoms with van der Waals surface area (Å²) < 4.78 is 9.96. The van der Waals surface area contributed by atoms with Crippen LogP contribution in [0.4, 0.5) is 4.79 Å². The number of esters is 1. The summed E-state index contributed by atoms with van der Waals surface area (Å²) in [5.74, 6) is 0.147. The number of benzene rings is 1. The van der Waals surface area contributed by atoms with Gasteiger partial charge in [0.25, 0.3) is 0 Å². The number of alkyl carbamates (subject to hydrolysis) is 1. The highest BCUT2D eigenvalue weighted by Gasteiger charge is 2.25. The lowest BCUT2D eigenvalue weighted by Crippen LogP contribution is -2.48. The summed E-state index contributed by atoms with van der Waals surface area (Å²) in [6, 6.07) is 6.11. The van der Waals surface area contributed by atoms with Gasteiger partial charge in [-0.25, -0.2) is 9.59 Å². The molecule has 7 nitrogen and oxygen atoms in total. The van der Waals surface area contributed by atoms with E-state index in [1.165, 1.54) is 7.11 Å². The molecule has 0 aliphatic heterocycles. The Hall–Kier alpha value is -1.49. The Morgan fingerprint density at radius 1 is 1.14 bits per heavy atom. The van der Waals surface area contributed by atoms with Gasteiger partial charge in [0, 0.05) is 6.54 Å². The summed E-state index contributed by atoms with van der Waals surface area (Å²) in [4.78, 5) is 36.3.